The Morgan fingerprint density at radius 1 is 1.69 bits per heavy atom. The third-order valence-electron chi connectivity index (χ3n) is 1.42. The standard InChI is InChI=1S/C9H10ClN3/c1-3-4-7(2)12-9-6-11-5-8(10)13-9/h1,5-7H,4H2,2H3,(H,12,13). The summed E-state index contributed by atoms with van der Waals surface area (Å²) in [6.07, 6.45) is 8.90. The number of hydrogen-bond donors (Lipinski definition) is 1. The van der Waals surface area contributed by atoms with E-state index in [1.807, 2.05) is 6.92 Å². The second kappa shape index (κ2) is 4.68. The molecule has 1 aromatic heterocycles. The van der Waals surface area contributed by atoms with E-state index in [0.717, 1.165) is 0 Å². The van der Waals surface area contributed by atoms with E-state index in [0.29, 0.717) is 17.4 Å². The number of nitrogens with one attached hydrogen (secondary N) is 1. The first-order chi connectivity index (χ1) is 6.22. The molecule has 0 radical (unpaired) electrons. The third kappa shape index (κ3) is 3.30. The van der Waals surface area contributed by atoms with E-state index in [9.17, 15) is 0 Å². The van der Waals surface area contributed by atoms with Crippen molar-refractivity contribution < 1.29 is 0 Å². The first-order valence-corrected chi connectivity index (χ1v) is 4.27. The molecule has 1 unspecified atom stereocenters. The fourth-order valence-electron chi connectivity index (χ4n) is 0.892. The molecule has 68 valence electrons. The van der Waals surface area contributed by atoms with Crippen molar-refractivity contribution in [3.8, 4) is 12.3 Å². The van der Waals surface area contributed by atoms with Crippen LogP contribution in [0.3, 0.4) is 0 Å². The lowest BCUT2D eigenvalue weighted by atomic mass is 10.2. The molecule has 0 amide bonds. The average molecular weight is 196 g/mol. The van der Waals surface area contributed by atoms with Gasteiger partial charge in [-0.2, -0.15) is 0 Å². The molecule has 0 saturated heterocycles. The SMILES string of the molecule is C#CCC(C)Nc1cncc(Cl)n1. The Hall–Kier alpha value is -1.27. The van der Waals surface area contributed by atoms with E-state index in [1.54, 1.807) is 6.20 Å². The highest BCUT2D eigenvalue weighted by molar-refractivity contribution is 6.29. The van der Waals surface area contributed by atoms with E-state index in [4.69, 9.17) is 18.0 Å². The highest BCUT2D eigenvalue weighted by Crippen LogP contribution is 2.08. The Balaban J connectivity index is 2.59. The van der Waals surface area contributed by atoms with Gasteiger partial charge in [-0.25, -0.2) is 4.98 Å². The van der Waals surface area contributed by atoms with E-state index in [-0.39, 0.29) is 6.04 Å². The summed E-state index contributed by atoms with van der Waals surface area (Å²) in [7, 11) is 0. The molecule has 1 atom stereocenters. The van der Waals surface area contributed by atoms with Crippen LogP contribution in [-0.4, -0.2) is 16.0 Å². The lowest BCUT2D eigenvalue weighted by molar-refractivity contribution is 0.820. The molecule has 0 spiro atoms. The maximum absolute atomic E-state index is 5.65. The van der Waals surface area contributed by atoms with Crippen molar-refractivity contribution in [2.45, 2.75) is 19.4 Å². The molecule has 0 aliphatic heterocycles. The minimum Gasteiger partial charge on any atom is -0.365 e. The van der Waals surface area contributed by atoms with Crippen molar-refractivity contribution in [3.63, 3.8) is 0 Å². The van der Waals surface area contributed by atoms with Gasteiger partial charge in [-0.15, -0.1) is 12.3 Å². The van der Waals surface area contributed by atoms with Gasteiger partial charge >= 0.3 is 0 Å². The molecule has 1 rings (SSSR count). The Morgan fingerprint density at radius 2 is 2.46 bits per heavy atom. The number of halogens is 1. The number of anilines is 1. The maximum atomic E-state index is 5.65. The minimum atomic E-state index is 0.178. The van der Waals surface area contributed by atoms with Crippen LogP contribution in [-0.2, 0) is 0 Å². The zero-order valence-corrected chi connectivity index (χ0v) is 8.04. The molecular weight excluding hydrogens is 186 g/mol. The summed E-state index contributed by atoms with van der Waals surface area (Å²) in [5, 5.41) is 3.46. The van der Waals surface area contributed by atoms with Crippen LogP contribution in [0.5, 0.6) is 0 Å². The number of terminal acetylenes is 1. The van der Waals surface area contributed by atoms with Crippen molar-refractivity contribution in [1.29, 1.82) is 0 Å². The van der Waals surface area contributed by atoms with Gasteiger partial charge in [0.05, 0.1) is 12.4 Å². The summed E-state index contributed by atoms with van der Waals surface area (Å²) in [6, 6.07) is 0.178. The summed E-state index contributed by atoms with van der Waals surface area (Å²) in [4.78, 5) is 7.91. The first-order valence-electron chi connectivity index (χ1n) is 3.90. The van der Waals surface area contributed by atoms with Gasteiger partial charge in [-0.3, -0.25) is 4.98 Å². The monoisotopic (exact) mass is 195 g/mol. The van der Waals surface area contributed by atoms with Gasteiger partial charge in [0.15, 0.2) is 0 Å². The lowest BCUT2D eigenvalue weighted by Crippen LogP contribution is -2.15. The van der Waals surface area contributed by atoms with Crippen molar-refractivity contribution in [2.24, 2.45) is 0 Å². The lowest BCUT2D eigenvalue weighted by Gasteiger charge is -2.10. The topological polar surface area (TPSA) is 37.8 Å². The van der Waals surface area contributed by atoms with Crippen molar-refractivity contribution >= 4 is 17.4 Å². The molecular formula is C9H10ClN3. The average Bonchev–Trinajstić information content (AvgIpc) is 2.04. The number of aromatic nitrogens is 2. The number of hydrogen-bond acceptors (Lipinski definition) is 3. The molecule has 13 heavy (non-hydrogen) atoms. The predicted molar refractivity (Wildman–Crippen MR) is 53.6 cm³/mol. The highest BCUT2D eigenvalue weighted by Gasteiger charge is 2.01. The molecule has 0 aliphatic carbocycles. The van der Waals surface area contributed by atoms with Crippen LogP contribution in [0.25, 0.3) is 0 Å². The van der Waals surface area contributed by atoms with Crippen LogP contribution in [0.2, 0.25) is 5.15 Å². The Labute approximate surface area is 82.5 Å². The largest absolute Gasteiger partial charge is 0.365 e. The Bertz CT molecular complexity index is 319. The normalized spacial score (nSPS) is 11.8. The van der Waals surface area contributed by atoms with Gasteiger partial charge in [0.25, 0.3) is 0 Å². The van der Waals surface area contributed by atoms with Crippen LogP contribution >= 0.6 is 11.6 Å². The second-order valence-corrected chi connectivity index (χ2v) is 3.07. The molecule has 0 saturated carbocycles. The molecule has 0 aromatic carbocycles. The smallest absolute Gasteiger partial charge is 0.149 e. The zero-order chi connectivity index (χ0) is 9.68. The summed E-state index contributed by atoms with van der Waals surface area (Å²) < 4.78 is 0. The molecule has 1 N–H and O–H groups in total. The first kappa shape index (κ1) is 9.82. The number of rotatable bonds is 3. The van der Waals surface area contributed by atoms with Crippen LogP contribution in [0.15, 0.2) is 12.4 Å². The summed E-state index contributed by atoms with van der Waals surface area (Å²) >= 11 is 5.65. The van der Waals surface area contributed by atoms with Crippen molar-refractivity contribution in [3.05, 3.63) is 17.5 Å². The van der Waals surface area contributed by atoms with Crippen LogP contribution in [0.1, 0.15) is 13.3 Å². The van der Waals surface area contributed by atoms with Gasteiger partial charge in [0, 0.05) is 12.5 Å². The summed E-state index contributed by atoms with van der Waals surface area (Å²) in [6.45, 7) is 1.97. The van der Waals surface area contributed by atoms with E-state index >= 15 is 0 Å². The molecule has 0 aliphatic rings. The van der Waals surface area contributed by atoms with Gasteiger partial charge < -0.3 is 5.32 Å². The molecule has 1 heterocycles. The fraction of sp³-hybridized carbons (Fsp3) is 0.333. The fourth-order valence-corrected chi connectivity index (χ4v) is 1.04. The van der Waals surface area contributed by atoms with Crippen LogP contribution in [0.4, 0.5) is 5.82 Å². The van der Waals surface area contributed by atoms with Crippen molar-refractivity contribution in [1.82, 2.24) is 9.97 Å². The van der Waals surface area contributed by atoms with Gasteiger partial charge in [0.2, 0.25) is 0 Å². The van der Waals surface area contributed by atoms with Gasteiger partial charge in [0.1, 0.15) is 11.0 Å². The van der Waals surface area contributed by atoms with E-state index in [2.05, 4.69) is 21.2 Å². The molecule has 0 bridgehead atoms. The molecule has 0 fully saturated rings. The zero-order valence-electron chi connectivity index (χ0n) is 7.29. The number of nitrogens with zero attached hydrogens (tertiary/aromatic N) is 2. The van der Waals surface area contributed by atoms with E-state index in [1.165, 1.54) is 6.20 Å². The molecule has 4 heteroatoms. The maximum Gasteiger partial charge on any atom is 0.149 e. The quantitative estimate of drug-likeness (QED) is 0.750. The second-order valence-electron chi connectivity index (χ2n) is 2.68. The Morgan fingerprint density at radius 3 is 3.08 bits per heavy atom. The van der Waals surface area contributed by atoms with Gasteiger partial charge in [-0.1, -0.05) is 11.6 Å². The van der Waals surface area contributed by atoms with Gasteiger partial charge in [-0.05, 0) is 6.92 Å². The molecule has 1 aromatic rings. The van der Waals surface area contributed by atoms with E-state index < -0.39 is 0 Å². The van der Waals surface area contributed by atoms with Crippen LogP contribution in [0, 0.1) is 12.3 Å². The predicted octanol–water partition coefficient (Wildman–Crippen LogP) is 1.95. The molecule has 3 nitrogen and oxygen atoms in total. The van der Waals surface area contributed by atoms with Crippen molar-refractivity contribution in [2.75, 3.05) is 5.32 Å². The van der Waals surface area contributed by atoms with Crippen LogP contribution < -0.4 is 5.32 Å². The summed E-state index contributed by atoms with van der Waals surface area (Å²) in [5.74, 6) is 3.21. The third-order valence-corrected chi connectivity index (χ3v) is 1.61. The highest BCUT2D eigenvalue weighted by atomic mass is 35.5. The Kier molecular flexibility index (Phi) is 3.53. The summed E-state index contributed by atoms with van der Waals surface area (Å²) in [5.41, 5.74) is 0. The minimum absolute atomic E-state index is 0.178.